The van der Waals surface area contributed by atoms with Crippen LogP contribution in [0.1, 0.15) is 38.7 Å². The summed E-state index contributed by atoms with van der Waals surface area (Å²) >= 11 is 0. The third-order valence-corrected chi connectivity index (χ3v) is 5.28. The normalized spacial score (nSPS) is 25.6. The minimum atomic E-state index is -0.710. The Morgan fingerprint density at radius 3 is 2.80 bits per heavy atom. The number of esters is 1. The van der Waals surface area contributed by atoms with Gasteiger partial charge in [-0.05, 0) is 45.2 Å². The molecule has 25 heavy (non-hydrogen) atoms. The number of ether oxygens (including phenoxy) is 2. The van der Waals surface area contributed by atoms with Gasteiger partial charge in [0.15, 0.2) is 0 Å². The van der Waals surface area contributed by atoms with Crippen LogP contribution in [0.2, 0.25) is 0 Å². The van der Waals surface area contributed by atoms with Crippen molar-refractivity contribution in [3.05, 3.63) is 29.8 Å². The molecule has 0 aliphatic carbocycles. The van der Waals surface area contributed by atoms with Crippen molar-refractivity contribution >= 4 is 11.9 Å². The van der Waals surface area contributed by atoms with Crippen molar-refractivity contribution in [1.29, 1.82) is 0 Å². The van der Waals surface area contributed by atoms with Crippen LogP contribution in [0.25, 0.3) is 0 Å². The zero-order valence-electron chi connectivity index (χ0n) is 15.3. The maximum absolute atomic E-state index is 12.9. The van der Waals surface area contributed by atoms with E-state index in [2.05, 4.69) is 0 Å². The Labute approximate surface area is 149 Å². The van der Waals surface area contributed by atoms with Gasteiger partial charge in [-0.1, -0.05) is 18.2 Å². The van der Waals surface area contributed by atoms with Gasteiger partial charge >= 0.3 is 5.97 Å². The first-order chi connectivity index (χ1) is 11.9. The minimum absolute atomic E-state index is 0.0384. The molecule has 3 rings (SSSR count). The molecule has 0 unspecified atom stereocenters. The first kappa shape index (κ1) is 17.8. The van der Waals surface area contributed by atoms with Crippen LogP contribution in [0.3, 0.4) is 0 Å². The second-order valence-corrected chi connectivity index (χ2v) is 7.70. The summed E-state index contributed by atoms with van der Waals surface area (Å²) in [7, 11) is 0. The molecule has 2 atom stereocenters. The number of rotatable bonds is 4. The zero-order valence-corrected chi connectivity index (χ0v) is 15.3. The fourth-order valence-electron chi connectivity index (χ4n) is 3.75. The van der Waals surface area contributed by atoms with E-state index >= 15 is 0 Å². The number of piperidine rings is 1. The fourth-order valence-corrected chi connectivity index (χ4v) is 3.75. The highest BCUT2D eigenvalue weighted by molar-refractivity contribution is 5.87. The Bertz CT molecular complexity index is 655. The molecule has 0 saturated carbocycles. The first-order valence-electron chi connectivity index (χ1n) is 9.06. The maximum atomic E-state index is 12.9. The van der Waals surface area contributed by atoms with Crippen LogP contribution < -0.4 is 4.74 Å². The van der Waals surface area contributed by atoms with Crippen LogP contribution in [-0.4, -0.2) is 42.1 Å². The van der Waals surface area contributed by atoms with Crippen molar-refractivity contribution in [3.8, 4) is 5.75 Å². The summed E-state index contributed by atoms with van der Waals surface area (Å²) in [5.74, 6) is 0.604. The molecule has 0 bridgehead atoms. The number of carbonyl (C=O) groups excluding carboxylic acids is 2. The van der Waals surface area contributed by atoms with Gasteiger partial charge < -0.3 is 14.4 Å². The van der Waals surface area contributed by atoms with Crippen molar-refractivity contribution < 1.29 is 19.1 Å². The van der Waals surface area contributed by atoms with Crippen LogP contribution in [0.15, 0.2) is 24.3 Å². The average Bonchev–Trinajstić information content (AvgIpc) is 2.86. The molecular formula is C20H27NO4. The SMILES string of the molecule is Cc1ccccc1OC[C@H]1CCCN(C(=O)[C@@H]2CC(=O)OC2(C)C)C1. The van der Waals surface area contributed by atoms with E-state index in [9.17, 15) is 9.59 Å². The molecule has 0 N–H and O–H groups in total. The molecule has 5 heteroatoms. The first-order valence-corrected chi connectivity index (χ1v) is 9.06. The van der Waals surface area contributed by atoms with Crippen LogP contribution in [-0.2, 0) is 14.3 Å². The van der Waals surface area contributed by atoms with E-state index in [1.165, 1.54) is 0 Å². The van der Waals surface area contributed by atoms with Crippen LogP contribution in [0.5, 0.6) is 5.75 Å². The Morgan fingerprint density at radius 2 is 2.12 bits per heavy atom. The summed E-state index contributed by atoms with van der Waals surface area (Å²) in [6, 6.07) is 7.98. The van der Waals surface area contributed by atoms with Gasteiger partial charge in [-0.15, -0.1) is 0 Å². The molecule has 136 valence electrons. The van der Waals surface area contributed by atoms with E-state index in [1.54, 1.807) is 0 Å². The van der Waals surface area contributed by atoms with E-state index in [1.807, 2.05) is 49.9 Å². The minimum Gasteiger partial charge on any atom is -0.493 e. The number of nitrogens with zero attached hydrogens (tertiary/aromatic N) is 1. The lowest BCUT2D eigenvalue weighted by Gasteiger charge is -2.36. The molecule has 1 amide bonds. The predicted molar refractivity (Wildman–Crippen MR) is 94.3 cm³/mol. The van der Waals surface area contributed by atoms with Gasteiger partial charge in [0.2, 0.25) is 5.91 Å². The van der Waals surface area contributed by atoms with Gasteiger partial charge in [0.05, 0.1) is 18.9 Å². The van der Waals surface area contributed by atoms with Gasteiger partial charge in [0.1, 0.15) is 11.4 Å². The molecule has 0 aromatic heterocycles. The number of likely N-dealkylation sites (tertiary alicyclic amines) is 1. The van der Waals surface area contributed by atoms with Gasteiger partial charge in [-0.25, -0.2) is 0 Å². The molecule has 1 aromatic carbocycles. The smallest absolute Gasteiger partial charge is 0.307 e. The van der Waals surface area contributed by atoms with E-state index in [-0.39, 0.29) is 24.2 Å². The van der Waals surface area contributed by atoms with E-state index in [0.29, 0.717) is 19.1 Å². The van der Waals surface area contributed by atoms with Crippen LogP contribution >= 0.6 is 0 Å². The standard InChI is InChI=1S/C20H27NO4/c1-14-7-4-5-9-17(14)24-13-15-8-6-10-21(12-15)19(23)16-11-18(22)25-20(16,2)3/h4-5,7,9,15-16H,6,8,10-13H2,1-3H3/t15-,16-/m0/s1. The third kappa shape index (κ3) is 3.97. The quantitative estimate of drug-likeness (QED) is 0.787. The van der Waals surface area contributed by atoms with Crippen molar-refractivity contribution in [2.24, 2.45) is 11.8 Å². The Morgan fingerprint density at radius 1 is 1.36 bits per heavy atom. The third-order valence-electron chi connectivity index (χ3n) is 5.28. The number of aryl methyl sites for hydroxylation is 1. The van der Waals surface area contributed by atoms with Gasteiger partial charge in [0.25, 0.3) is 0 Å². The topological polar surface area (TPSA) is 55.8 Å². The lowest BCUT2D eigenvalue weighted by atomic mass is 9.88. The molecule has 0 spiro atoms. The molecule has 2 fully saturated rings. The molecule has 2 saturated heterocycles. The number of hydrogen-bond acceptors (Lipinski definition) is 4. The highest BCUT2D eigenvalue weighted by Crippen LogP contribution is 2.34. The zero-order chi connectivity index (χ0) is 18.0. The van der Waals surface area contributed by atoms with Crippen molar-refractivity contribution in [1.82, 2.24) is 4.90 Å². The maximum Gasteiger partial charge on any atom is 0.307 e. The van der Waals surface area contributed by atoms with E-state index in [4.69, 9.17) is 9.47 Å². The number of para-hydroxylation sites is 1. The van der Waals surface area contributed by atoms with Crippen molar-refractivity contribution in [2.45, 2.75) is 45.6 Å². The monoisotopic (exact) mass is 345 g/mol. The largest absolute Gasteiger partial charge is 0.493 e. The Kier molecular flexibility index (Phi) is 5.02. The van der Waals surface area contributed by atoms with Gasteiger partial charge in [-0.3, -0.25) is 9.59 Å². The highest BCUT2D eigenvalue weighted by atomic mass is 16.6. The molecular weight excluding hydrogens is 318 g/mol. The number of amides is 1. The second kappa shape index (κ2) is 7.06. The summed E-state index contributed by atoms with van der Waals surface area (Å²) < 4.78 is 11.3. The number of cyclic esters (lactones) is 1. The second-order valence-electron chi connectivity index (χ2n) is 7.70. The number of carbonyl (C=O) groups is 2. The lowest BCUT2D eigenvalue weighted by molar-refractivity contribution is -0.149. The summed E-state index contributed by atoms with van der Waals surface area (Å²) in [4.78, 5) is 26.4. The fraction of sp³-hybridized carbons (Fsp3) is 0.600. The summed E-state index contributed by atoms with van der Waals surface area (Å²) in [5.41, 5.74) is 0.410. The molecule has 5 nitrogen and oxygen atoms in total. The number of hydrogen-bond donors (Lipinski definition) is 0. The van der Waals surface area contributed by atoms with Crippen molar-refractivity contribution in [2.75, 3.05) is 19.7 Å². The predicted octanol–water partition coefficient (Wildman–Crippen LogP) is 2.95. The molecule has 1 aromatic rings. The van der Waals surface area contributed by atoms with Crippen molar-refractivity contribution in [3.63, 3.8) is 0 Å². The molecule has 2 aliphatic heterocycles. The van der Waals surface area contributed by atoms with Gasteiger partial charge in [-0.2, -0.15) is 0 Å². The lowest BCUT2D eigenvalue weighted by Crippen LogP contribution is -2.48. The van der Waals surface area contributed by atoms with Gasteiger partial charge in [0, 0.05) is 19.0 Å². The van der Waals surface area contributed by atoms with Crippen LogP contribution in [0.4, 0.5) is 0 Å². The average molecular weight is 345 g/mol. The molecule has 0 radical (unpaired) electrons. The summed E-state index contributed by atoms with van der Waals surface area (Å²) in [6.07, 6.45) is 2.21. The highest BCUT2D eigenvalue weighted by Gasteiger charge is 2.47. The van der Waals surface area contributed by atoms with E-state index < -0.39 is 5.60 Å². The Balaban J connectivity index is 1.58. The molecule has 2 heterocycles. The summed E-state index contributed by atoms with van der Waals surface area (Å²) in [5, 5.41) is 0. The van der Waals surface area contributed by atoms with E-state index in [0.717, 1.165) is 30.7 Å². The number of benzene rings is 1. The Hall–Kier alpha value is -2.04. The summed E-state index contributed by atoms with van der Waals surface area (Å²) in [6.45, 7) is 7.72. The molecule has 2 aliphatic rings. The van der Waals surface area contributed by atoms with Crippen LogP contribution in [0, 0.1) is 18.8 Å².